The summed E-state index contributed by atoms with van der Waals surface area (Å²) in [4.78, 5) is 14.7. The fourth-order valence-corrected chi connectivity index (χ4v) is 1.48. The van der Waals surface area contributed by atoms with Gasteiger partial charge in [-0.05, 0) is 24.6 Å². The number of nitrogens with one attached hydrogen (secondary N) is 2. The average molecular weight is 308 g/mol. The van der Waals surface area contributed by atoms with Gasteiger partial charge in [-0.3, -0.25) is 5.43 Å². The van der Waals surface area contributed by atoms with E-state index in [2.05, 4.69) is 41.6 Å². The largest absolute Gasteiger partial charge is 0.363 e. The van der Waals surface area contributed by atoms with Crippen LogP contribution in [0.2, 0.25) is 0 Å². The predicted molar refractivity (Wildman–Crippen MR) is 72.7 cm³/mol. The van der Waals surface area contributed by atoms with Gasteiger partial charge in [0.15, 0.2) is 5.82 Å². The lowest BCUT2D eigenvalue weighted by Crippen LogP contribution is -2.15. The first-order valence-corrected chi connectivity index (χ1v) is 5.92. The molecular formula is C11H10BrN5O. The lowest BCUT2D eigenvalue weighted by atomic mass is 10.2. The minimum absolute atomic E-state index is 0.340. The van der Waals surface area contributed by atoms with Crippen molar-refractivity contribution in [3.8, 4) is 0 Å². The molecule has 0 saturated carbocycles. The maximum Gasteiger partial charge on any atom is 0.363 e. The second kappa shape index (κ2) is 5.54. The van der Waals surface area contributed by atoms with Crippen LogP contribution in [0, 0.1) is 6.92 Å². The molecule has 2 N–H and O–H groups in total. The Morgan fingerprint density at radius 3 is 2.83 bits per heavy atom. The molecule has 2 rings (SSSR count). The molecule has 0 spiro atoms. The van der Waals surface area contributed by atoms with Crippen molar-refractivity contribution in [3.63, 3.8) is 0 Å². The van der Waals surface area contributed by atoms with Crippen LogP contribution in [0.4, 0.5) is 5.82 Å². The molecule has 0 fully saturated rings. The number of rotatable bonds is 3. The maximum absolute atomic E-state index is 11.0. The Morgan fingerprint density at radius 1 is 1.39 bits per heavy atom. The van der Waals surface area contributed by atoms with Crippen molar-refractivity contribution in [1.29, 1.82) is 0 Å². The highest BCUT2D eigenvalue weighted by atomic mass is 79.9. The summed E-state index contributed by atoms with van der Waals surface area (Å²) >= 11 is 3.35. The first-order chi connectivity index (χ1) is 8.65. The Bertz CT molecular complexity index is 620. The normalized spacial score (nSPS) is 10.8. The molecule has 1 heterocycles. The molecule has 92 valence electrons. The number of hydrogen-bond donors (Lipinski definition) is 2. The van der Waals surface area contributed by atoms with E-state index in [1.165, 1.54) is 0 Å². The van der Waals surface area contributed by atoms with Crippen LogP contribution in [-0.2, 0) is 0 Å². The lowest BCUT2D eigenvalue weighted by molar-refractivity contribution is 0.879. The molecule has 0 aliphatic heterocycles. The Hall–Kier alpha value is -2.02. The third kappa shape index (κ3) is 3.24. The van der Waals surface area contributed by atoms with Gasteiger partial charge < -0.3 is 0 Å². The second-order valence-corrected chi connectivity index (χ2v) is 4.41. The van der Waals surface area contributed by atoms with Crippen LogP contribution in [0.15, 0.2) is 38.6 Å². The number of H-pyrrole nitrogens is 1. The number of nitrogens with zero attached hydrogens (tertiary/aromatic N) is 3. The average Bonchev–Trinajstić information content (AvgIpc) is 2.36. The monoisotopic (exact) mass is 307 g/mol. The molecule has 1 aromatic heterocycles. The molecule has 7 heteroatoms. The number of hydrogen-bond acceptors (Lipinski definition) is 5. The van der Waals surface area contributed by atoms with Gasteiger partial charge in [0.05, 0.1) is 6.21 Å². The van der Waals surface area contributed by atoms with E-state index in [-0.39, 0.29) is 0 Å². The van der Waals surface area contributed by atoms with Crippen LogP contribution in [0.5, 0.6) is 0 Å². The van der Waals surface area contributed by atoms with Gasteiger partial charge in [0.1, 0.15) is 5.69 Å². The van der Waals surface area contributed by atoms with Gasteiger partial charge in [0.25, 0.3) is 0 Å². The van der Waals surface area contributed by atoms with Gasteiger partial charge in [0, 0.05) is 4.47 Å². The molecule has 0 saturated heterocycles. The summed E-state index contributed by atoms with van der Waals surface area (Å²) in [5.41, 5.74) is 3.67. The van der Waals surface area contributed by atoms with E-state index in [0.717, 1.165) is 10.0 Å². The number of aromatic nitrogens is 3. The van der Waals surface area contributed by atoms with Crippen molar-refractivity contribution in [2.75, 3.05) is 5.43 Å². The van der Waals surface area contributed by atoms with Gasteiger partial charge in [-0.25, -0.2) is 9.89 Å². The molecule has 0 aliphatic rings. The van der Waals surface area contributed by atoms with Crippen LogP contribution >= 0.6 is 15.9 Å². The minimum Gasteiger partial charge on any atom is -0.260 e. The molecule has 0 bridgehead atoms. The summed E-state index contributed by atoms with van der Waals surface area (Å²) in [5.74, 6) is 0.340. The lowest BCUT2D eigenvalue weighted by Gasteiger charge is -2.00. The van der Waals surface area contributed by atoms with Gasteiger partial charge in [-0.2, -0.15) is 15.2 Å². The van der Waals surface area contributed by atoms with Crippen molar-refractivity contribution in [2.45, 2.75) is 6.92 Å². The van der Waals surface area contributed by atoms with Gasteiger partial charge in [-0.1, -0.05) is 28.1 Å². The number of hydrazone groups is 1. The zero-order chi connectivity index (χ0) is 13.0. The van der Waals surface area contributed by atoms with Crippen molar-refractivity contribution >= 4 is 28.0 Å². The van der Waals surface area contributed by atoms with E-state index in [1.807, 2.05) is 24.3 Å². The summed E-state index contributed by atoms with van der Waals surface area (Å²) in [6.45, 7) is 1.72. The van der Waals surface area contributed by atoms with Crippen LogP contribution < -0.4 is 11.1 Å². The van der Waals surface area contributed by atoms with E-state index < -0.39 is 5.69 Å². The van der Waals surface area contributed by atoms with Gasteiger partial charge in [0.2, 0.25) is 0 Å². The predicted octanol–water partition coefficient (Wildman–Crippen LogP) is 1.68. The van der Waals surface area contributed by atoms with Crippen molar-refractivity contribution in [3.05, 3.63) is 50.5 Å². The molecular weight excluding hydrogens is 298 g/mol. The molecule has 0 amide bonds. The summed E-state index contributed by atoms with van der Waals surface area (Å²) in [5, 5.41) is 10.0. The number of aryl methyl sites for hydroxylation is 1. The molecule has 0 unspecified atom stereocenters. The first-order valence-electron chi connectivity index (χ1n) is 5.13. The number of halogens is 1. The van der Waals surface area contributed by atoms with Crippen LogP contribution in [0.25, 0.3) is 0 Å². The van der Waals surface area contributed by atoms with Crippen LogP contribution in [0.3, 0.4) is 0 Å². The number of aromatic amines is 1. The highest BCUT2D eigenvalue weighted by Crippen LogP contribution is 2.09. The topological polar surface area (TPSA) is 83.0 Å². The molecule has 0 atom stereocenters. The van der Waals surface area contributed by atoms with E-state index in [0.29, 0.717) is 11.5 Å². The van der Waals surface area contributed by atoms with Crippen molar-refractivity contribution < 1.29 is 0 Å². The third-order valence-electron chi connectivity index (χ3n) is 2.13. The van der Waals surface area contributed by atoms with E-state index in [1.54, 1.807) is 13.1 Å². The Morgan fingerprint density at radius 2 is 2.11 bits per heavy atom. The summed E-state index contributed by atoms with van der Waals surface area (Å²) in [7, 11) is 0. The molecule has 0 radical (unpaired) electrons. The first kappa shape index (κ1) is 12.4. The second-order valence-electron chi connectivity index (χ2n) is 3.50. The zero-order valence-corrected chi connectivity index (χ0v) is 11.1. The molecule has 1 aromatic carbocycles. The summed E-state index contributed by atoms with van der Waals surface area (Å²) < 4.78 is 1.00. The summed E-state index contributed by atoms with van der Waals surface area (Å²) in [6, 6.07) is 7.65. The van der Waals surface area contributed by atoms with E-state index in [9.17, 15) is 4.79 Å². The Kier molecular flexibility index (Phi) is 3.83. The highest BCUT2D eigenvalue weighted by Gasteiger charge is 1.99. The SMILES string of the molecule is Cc1n[nH]c(=O)nc1NN=Cc1ccc(Br)cc1. The van der Waals surface area contributed by atoms with E-state index in [4.69, 9.17) is 0 Å². The number of anilines is 1. The highest BCUT2D eigenvalue weighted by molar-refractivity contribution is 9.10. The maximum atomic E-state index is 11.0. The molecule has 18 heavy (non-hydrogen) atoms. The van der Waals surface area contributed by atoms with Crippen LogP contribution in [-0.4, -0.2) is 21.4 Å². The fraction of sp³-hybridized carbons (Fsp3) is 0.0909. The quantitative estimate of drug-likeness (QED) is 0.667. The van der Waals surface area contributed by atoms with Crippen LogP contribution in [0.1, 0.15) is 11.3 Å². The number of benzene rings is 1. The molecule has 6 nitrogen and oxygen atoms in total. The fourth-order valence-electron chi connectivity index (χ4n) is 1.21. The standard InChI is InChI=1S/C11H10BrN5O/c1-7-10(14-11(18)17-15-7)16-13-6-8-2-4-9(12)5-3-8/h2-6H,1H3,(H2,14,16,17,18). The zero-order valence-electron chi connectivity index (χ0n) is 9.51. The van der Waals surface area contributed by atoms with Crippen molar-refractivity contribution in [2.24, 2.45) is 5.10 Å². The Labute approximate surface area is 111 Å². The minimum atomic E-state index is -0.512. The van der Waals surface area contributed by atoms with Crippen molar-refractivity contribution in [1.82, 2.24) is 15.2 Å². The van der Waals surface area contributed by atoms with Gasteiger partial charge >= 0.3 is 5.69 Å². The summed E-state index contributed by atoms with van der Waals surface area (Å²) in [6.07, 6.45) is 1.63. The third-order valence-corrected chi connectivity index (χ3v) is 2.66. The molecule has 2 aromatic rings. The van der Waals surface area contributed by atoms with E-state index >= 15 is 0 Å². The molecule has 0 aliphatic carbocycles. The Balaban J connectivity index is 2.09. The van der Waals surface area contributed by atoms with Gasteiger partial charge in [-0.15, -0.1) is 0 Å². The smallest absolute Gasteiger partial charge is 0.260 e.